The van der Waals surface area contributed by atoms with Crippen molar-refractivity contribution in [2.75, 3.05) is 7.11 Å². The summed E-state index contributed by atoms with van der Waals surface area (Å²) < 4.78 is 19.2. The molecule has 128 valence electrons. The topological polar surface area (TPSA) is 73.2 Å². The molecule has 1 amide bonds. The van der Waals surface area contributed by atoms with Gasteiger partial charge in [-0.05, 0) is 45.0 Å². The second-order valence-electron chi connectivity index (χ2n) is 5.59. The summed E-state index contributed by atoms with van der Waals surface area (Å²) in [4.78, 5) is 23.8. The van der Waals surface area contributed by atoms with Crippen molar-refractivity contribution >= 4 is 11.9 Å². The van der Waals surface area contributed by atoms with Gasteiger partial charge < -0.3 is 10.1 Å². The van der Waals surface area contributed by atoms with E-state index in [1.807, 2.05) is 0 Å². The Bertz CT molecular complexity index is 753. The number of nitrogens with zero attached hydrogens (tertiary/aromatic N) is 2. The molecular weight excluding hydrogens is 313 g/mol. The maximum absolute atomic E-state index is 13.1. The molecule has 0 aliphatic rings. The van der Waals surface area contributed by atoms with E-state index in [0.717, 1.165) is 0 Å². The highest BCUT2D eigenvalue weighted by atomic mass is 19.1. The Morgan fingerprint density at radius 2 is 1.92 bits per heavy atom. The van der Waals surface area contributed by atoms with Crippen LogP contribution in [0.2, 0.25) is 0 Å². The Hall–Kier alpha value is -2.70. The molecule has 1 heterocycles. The highest BCUT2D eigenvalue weighted by Crippen LogP contribution is 2.18. The van der Waals surface area contributed by atoms with E-state index in [9.17, 15) is 14.0 Å². The third-order valence-corrected chi connectivity index (χ3v) is 3.67. The monoisotopic (exact) mass is 333 g/mol. The molecule has 0 bridgehead atoms. The Balaban J connectivity index is 2.23. The summed E-state index contributed by atoms with van der Waals surface area (Å²) >= 11 is 0. The van der Waals surface area contributed by atoms with Crippen LogP contribution in [0, 0.1) is 19.7 Å². The van der Waals surface area contributed by atoms with E-state index in [4.69, 9.17) is 0 Å². The summed E-state index contributed by atoms with van der Waals surface area (Å²) in [6.45, 7) is 5.22. The Morgan fingerprint density at radius 3 is 2.50 bits per heavy atom. The van der Waals surface area contributed by atoms with Crippen molar-refractivity contribution in [2.45, 2.75) is 33.2 Å². The molecule has 0 aliphatic heterocycles. The minimum absolute atomic E-state index is 0.0897. The fraction of sp³-hybridized carbons (Fsp3) is 0.353. The molecule has 0 spiro atoms. The Kier molecular flexibility index (Phi) is 5.33. The van der Waals surface area contributed by atoms with Crippen LogP contribution >= 0.6 is 0 Å². The van der Waals surface area contributed by atoms with Crippen molar-refractivity contribution in [3.63, 3.8) is 0 Å². The second kappa shape index (κ2) is 7.25. The van der Waals surface area contributed by atoms with E-state index in [1.165, 1.54) is 19.2 Å². The SMILES string of the molecule is COC(=O)CC(C)NC(=O)c1c(C)nn(-c2ccc(F)cc2)c1C. The molecule has 1 unspecified atom stereocenters. The number of ether oxygens (including phenoxy) is 1. The lowest BCUT2D eigenvalue weighted by atomic mass is 10.1. The zero-order chi connectivity index (χ0) is 17.9. The second-order valence-corrected chi connectivity index (χ2v) is 5.59. The van der Waals surface area contributed by atoms with Crippen molar-refractivity contribution in [1.29, 1.82) is 0 Å². The third kappa shape index (κ3) is 3.79. The number of hydrogen-bond acceptors (Lipinski definition) is 4. The number of methoxy groups -OCH3 is 1. The molecule has 24 heavy (non-hydrogen) atoms. The number of rotatable bonds is 5. The van der Waals surface area contributed by atoms with E-state index in [0.29, 0.717) is 22.6 Å². The summed E-state index contributed by atoms with van der Waals surface area (Å²) in [6, 6.07) is 5.50. The number of halogens is 1. The number of amides is 1. The normalized spacial score (nSPS) is 11.9. The average Bonchev–Trinajstić information content (AvgIpc) is 2.82. The third-order valence-electron chi connectivity index (χ3n) is 3.67. The zero-order valence-corrected chi connectivity index (χ0v) is 14.1. The molecule has 1 aromatic heterocycles. The van der Waals surface area contributed by atoms with Gasteiger partial charge in [0, 0.05) is 6.04 Å². The highest BCUT2D eigenvalue weighted by Gasteiger charge is 2.21. The number of nitrogens with one attached hydrogen (secondary N) is 1. The van der Waals surface area contributed by atoms with Gasteiger partial charge in [0.1, 0.15) is 5.82 Å². The summed E-state index contributed by atoms with van der Waals surface area (Å²) in [5.74, 6) is -1.04. The molecule has 1 N–H and O–H groups in total. The number of carbonyl (C=O) groups is 2. The highest BCUT2D eigenvalue weighted by molar-refractivity contribution is 5.96. The van der Waals surface area contributed by atoms with Gasteiger partial charge in [0.15, 0.2) is 0 Å². The number of carbonyl (C=O) groups excluding carboxylic acids is 2. The fourth-order valence-corrected chi connectivity index (χ4v) is 2.49. The van der Waals surface area contributed by atoms with E-state index < -0.39 is 5.97 Å². The van der Waals surface area contributed by atoms with Gasteiger partial charge in [-0.25, -0.2) is 9.07 Å². The van der Waals surface area contributed by atoms with Crippen LogP contribution in [0.25, 0.3) is 5.69 Å². The molecule has 0 radical (unpaired) electrons. The van der Waals surface area contributed by atoms with Gasteiger partial charge in [0.05, 0.1) is 36.2 Å². The molecular formula is C17H20FN3O3. The Labute approximate surface area is 139 Å². The van der Waals surface area contributed by atoms with Crippen molar-refractivity contribution in [2.24, 2.45) is 0 Å². The summed E-state index contributed by atoms with van der Waals surface area (Å²) in [7, 11) is 1.30. The van der Waals surface area contributed by atoms with Crippen LogP contribution in [0.3, 0.4) is 0 Å². The molecule has 0 fully saturated rings. The van der Waals surface area contributed by atoms with Gasteiger partial charge in [-0.3, -0.25) is 9.59 Å². The largest absolute Gasteiger partial charge is 0.469 e. The van der Waals surface area contributed by atoms with E-state index in [1.54, 1.807) is 37.6 Å². The molecule has 1 aromatic carbocycles. The van der Waals surface area contributed by atoms with Crippen LogP contribution in [0.5, 0.6) is 0 Å². The lowest BCUT2D eigenvalue weighted by Gasteiger charge is -2.13. The number of hydrogen-bond donors (Lipinski definition) is 1. The maximum atomic E-state index is 13.1. The molecule has 2 rings (SSSR count). The van der Waals surface area contributed by atoms with Crippen LogP contribution in [0.1, 0.15) is 35.1 Å². The lowest BCUT2D eigenvalue weighted by Crippen LogP contribution is -2.35. The molecule has 0 saturated heterocycles. The number of aromatic nitrogens is 2. The van der Waals surface area contributed by atoms with Crippen molar-refractivity contribution in [3.05, 3.63) is 47.0 Å². The van der Waals surface area contributed by atoms with Gasteiger partial charge in [-0.15, -0.1) is 0 Å². The van der Waals surface area contributed by atoms with Crippen LogP contribution in [0.4, 0.5) is 4.39 Å². The summed E-state index contributed by atoms with van der Waals surface area (Å²) in [5, 5.41) is 7.12. The minimum atomic E-state index is -0.391. The summed E-state index contributed by atoms with van der Waals surface area (Å²) in [5.41, 5.74) is 2.30. The molecule has 0 saturated carbocycles. The molecule has 7 heteroatoms. The lowest BCUT2D eigenvalue weighted by molar-refractivity contribution is -0.141. The number of benzene rings is 1. The van der Waals surface area contributed by atoms with Gasteiger partial charge >= 0.3 is 5.97 Å². The van der Waals surface area contributed by atoms with Gasteiger partial charge in [0.2, 0.25) is 0 Å². The van der Waals surface area contributed by atoms with Crippen molar-refractivity contribution in [1.82, 2.24) is 15.1 Å². The number of esters is 1. The number of aryl methyl sites for hydroxylation is 1. The maximum Gasteiger partial charge on any atom is 0.307 e. The standard InChI is InChI=1S/C17H20FN3O3/c1-10(9-15(22)24-4)19-17(23)16-11(2)20-21(12(16)3)14-7-5-13(18)6-8-14/h5-8,10H,9H2,1-4H3,(H,19,23). The average molecular weight is 333 g/mol. The Morgan fingerprint density at radius 1 is 1.29 bits per heavy atom. The first-order valence-electron chi connectivity index (χ1n) is 7.53. The predicted molar refractivity (Wildman–Crippen MR) is 86.6 cm³/mol. The molecule has 2 aromatic rings. The van der Waals surface area contributed by atoms with Gasteiger partial charge in [-0.2, -0.15) is 5.10 Å². The van der Waals surface area contributed by atoms with Crippen molar-refractivity contribution in [3.8, 4) is 5.69 Å². The molecule has 0 aliphatic carbocycles. The van der Waals surface area contributed by atoms with Crippen molar-refractivity contribution < 1.29 is 18.7 Å². The van der Waals surface area contributed by atoms with E-state index >= 15 is 0 Å². The first-order valence-corrected chi connectivity index (χ1v) is 7.53. The molecule has 1 atom stereocenters. The van der Waals surface area contributed by atoms with E-state index in [-0.39, 0.29) is 24.2 Å². The van der Waals surface area contributed by atoms with Crippen LogP contribution in [-0.4, -0.2) is 34.8 Å². The summed E-state index contributed by atoms with van der Waals surface area (Å²) in [6.07, 6.45) is 0.0897. The van der Waals surface area contributed by atoms with Gasteiger partial charge in [0.25, 0.3) is 5.91 Å². The smallest absolute Gasteiger partial charge is 0.307 e. The zero-order valence-electron chi connectivity index (χ0n) is 14.1. The first kappa shape index (κ1) is 17.7. The van der Waals surface area contributed by atoms with Crippen LogP contribution in [0.15, 0.2) is 24.3 Å². The van der Waals surface area contributed by atoms with Gasteiger partial charge in [-0.1, -0.05) is 0 Å². The molecule has 6 nitrogen and oxygen atoms in total. The van der Waals surface area contributed by atoms with Crippen LogP contribution in [-0.2, 0) is 9.53 Å². The minimum Gasteiger partial charge on any atom is -0.469 e. The van der Waals surface area contributed by atoms with E-state index in [2.05, 4.69) is 15.2 Å². The predicted octanol–water partition coefficient (Wildman–Crippen LogP) is 2.31. The first-order chi connectivity index (χ1) is 11.3. The van der Waals surface area contributed by atoms with Crippen LogP contribution < -0.4 is 5.32 Å². The quantitative estimate of drug-likeness (QED) is 0.852. The fourth-order valence-electron chi connectivity index (χ4n) is 2.49.